The minimum atomic E-state index is -0.703. The maximum atomic E-state index is 11.5. The quantitative estimate of drug-likeness (QED) is 0.368. The number of hydrogen-bond acceptors (Lipinski definition) is 3. The van der Waals surface area contributed by atoms with E-state index in [9.17, 15) is 9.59 Å². The van der Waals surface area contributed by atoms with Crippen LogP contribution in [0.2, 0.25) is 0 Å². The predicted molar refractivity (Wildman–Crippen MR) is 53.6 cm³/mol. The highest BCUT2D eigenvalue weighted by atomic mass is 16.2. The van der Waals surface area contributed by atoms with Gasteiger partial charge in [0.1, 0.15) is 6.54 Å². The van der Waals surface area contributed by atoms with E-state index in [4.69, 9.17) is 5.26 Å². The first-order valence-electron chi connectivity index (χ1n) is 4.75. The van der Waals surface area contributed by atoms with E-state index in [-0.39, 0.29) is 6.54 Å². The fraction of sp³-hybridized carbons (Fsp3) is 0.500. The Morgan fingerprint density at radius 3 is 3.00 bits per heavy atom. The van der Waals surface area contributed by atoms with Crippen molar-refractivity contribution in [2.24, 2.45) is 0 Å². The molecule has 1 aliphatic rings. The Balaban J connectivity index is 2.50. The molecule has 1 aliphatic heterocycles. The van der Waals surface area contributed by atoms with E-state index >= 15 is 0 Å². The zero-order valence-corrected chi connectivity index (χ0v) is 8.62. The number of rotatable bonds is 1. The van der Waals surface area contributed by atoms with Gasteiger partial charge >= 0.3 is 11.8 Å². The van der Waals surface area contributed by atoms with Crippen molar-refractivity contribution in [3.05, 3.63) is 11.6 Å². The number of nitriles is 1. The largest absolute Gasteiger partial charge is 0.335 e. The lowest BCUT2D eigenvalue weighted by atomic mass is 10.1. The van der Waals surface area contributed by atoms with Crippen LogP contribution in [0.4, 0.5) is 0 Å². The summed E-state index contributed by atoms with van der Waals surface area (Å²) in [7, 11) is 0. The SMILES string of the molecule is CC1=CCCN(C(=O)C(=O)NCC#N)C1. The highest BCUT2D eigenvalue weighted by molar-refractivity contribution is 6.35. The number of nitrogens with one attached hydrogen (secondary N) is 1. The molecule has 0 bridgehead atoms. The third kappa shape index (κ3) is 3.09. The van der Waals surface area contributed by atoms with Gasteiger partial charge in [0.25, 0.3) is 0 Å². The van der Waals surface area contributed by atoms with Crippen molar-refractivity contribution in [3.8, 4) is 6.07 Å². The van der Waals surface area contributed by atoms with Gasteiger partial charge in [0, 0.05) is 13.1 Å². The van der Waals surface area contributed by atoms with Crippen LogP contribution in [-0.2, 0) is 9.59 Å². The first-order valence-corrected chi connectivity index (χ1v) is 4.75. The van der Waals surface area contributed by atoms with Crippen molar-refractivity contribution in [1.82, 2.24) is 10.2 Å². The van der Waals surface area contributed by atoms with Crippen LogP contribution in [0.3, 0.4) is 0 Å². The van der Waals surface area contributed by atoms with Crippen LogP contribution in [-0.4, -0.2) is 36.3 Å². The fourth-order valence-electron chi connectivity index (χ4n) is 1.42. The van der Waals surface area contributed by atoms with Crippen molar-refractivity contribution >= 4 is 11.8 Å². The summed E-state index contributed by atoms with van der Waals surface area (Å²) in [6.45, 7) is 2.86. The monoisotopic (exact) mass is 207 g/mol. The highest BCUT2D eigenvalue weighted by Gasteiger charge is 2.22. The molecule has 0 unspecified atom stereocenters. The second-order valence-electron chi connectivity index (χ2n) is 3.41. The molecule has 0 atom stereocenters. The lowest BCUT2D eigenvalue weighted by Crippen LogP contribution is -2.45. The topological polar surface area (TPSA) is 73.2 Å². The summed E-state index contributed by atoms with van der Waals surface area (Å²) in [5.41, 5.74) is 1.09. The van der Waals surface area contributed by atoms with Crippen LogP contribution in [0, 0.1) is 11.3 Å². The van der Waals surface area contributed by atoms with Gasteiger partial charge in [-0.25, -0.2) is 0 Å². The summed E-state index contributed by atoms with van der Waals surface area (Å²) < 4.78 is 0. The molecule has 80 valence electrons. The van der Waals surface area contributed by atoms with Crippen molar-refractivity contribution in [2.75, 3.05) is 19.6 Å². The van der Waals surface area contributed by atoms with Crippen LogP contribution in [0.1, 0.15) is 13.3 Å². The summed E-state index contributed by atoms with van der Waals surface area (Å²) in [6, 6.07) is 1.75. The van der Waals surface area contributed by atoms with E-state index in [1.807, 2.05) is 6.92 Å². The number of nitrogens with zero attached hydrogens (tertiary/aromatic N) is 2. The zero-order valence-electron chi connectivity index (χ0n) is 8.62. The Morgan fingerprint density at radius 2 is 2.40 bits per heavy atom. The number of carbonyl (C=O) groups is 2. The molecule has 0 saturated carbocycles. The maximum Gasteiger partial charge on any atom is 0.312 e. The summed E-state index contributed by atoms with van der Waals surface area (Å²) in [5, 5.41) is 10.5. The third-order valence-corrected chi connectivity index (χ3v) is 2.14. The first kappa shape index (κ1) is 11.2. The average Bonchev–Trinajstić information content (AvgIpc) is 2.24. The Morgan fingerprint density at radius 1 is 1.67 bits per heavy atom. The van der Waals surface area contributed by atoms with E-state index in [0.29, 0.717) is 13.1 Å². The van der Waals surface area contributed by atoms with Gasteiger partial charge in [0.15, 0.2) is 0 Å². The van der Waals surface area contributed by atoms with Gasteiger partial charge in [-0.2, -0.15) is 5.26 Å². The number of amides is 2. The molecular weight excluding hydrogens is 194 g/mol. The standard InChI is InChI=1S/C10H13N3O2/c1-8-3-2-6-13(7-8)10(15)9(14)12-5-4-11/h3H,2,5-7H2,1H3,(H,12,14). The van der Waals surface area contributed by atoms with Crippen molar-refractivity contribution in [3.63, 3.8) is 0 Å². The van der Waals surface area contributed by atoms with Crippen molar-refractivity contribution in [2.45, 2.75) is 13.3 Å². The van der Waals surface area contributed by atoms with Gasteiger partial charge in [-0.1, -0.05) is 11.6 Å². The molecular formula is C10H13N3O2. The van der Waals surface area contributed by atoms with E-state index in [1.54, 1.807) is 6.07 Å². The molecule has 1 heterocycles. The smallest absolute Gasteiger partial charge is 0.312 e. The number of hydrogen-bond donors (Lipinski definition) is 1. The molecule has 0 aromatic carbocycles. The normalized spacial score (nSPS) is 15.2. The Bertz CT molecular complexity index is 341. The Kier molecular flexibility index (Phi) is 3.86. The molecule has 0 aromatic heterocycles. The van der Waals surface area contributed by atoms with Crippen LogP contribution >= 0.6 is 0 Å². The van der Waals surface area contributed by atoms with E-state index in [2.05, 4.69) is 11.4 Å². The van der Waals surface area contributed by atoms with Gasteiger partial charge in [-0.05, 0) is 13.3 Å². The minimum absolute atomic E-state index is 0.132. The summed E-state index contributed by atoms with van der Waals surface area (Å²) >= 11 is 0. The molecule has 1 N–H and O–H groups in total. The van der Waals surface area contributed by atoms with Gasteiger partial charge in [-0.3, -0.25) is 9.59 Å². The maximum absolute atomic E-state index is 11.5. The molecule has 15 heavy (non-hydrogen) atoms. The Labute approximate surface area is 88.4 Å². The fourth-order valence-corrected chi connectivity index (χ4v) is 1.42. The molecule has 2 amide bonds. The summed E-state index contributed by atoms with van der Waals surface area (Å²) in [6.07, 6.45) is 2.83. The molecule has 5 heteroatoms. The van der Waals surface area contributed by atoms with Crippen LogP contribution in [0.5, 0.6) is 0 Å². The van der Waals surface area contributed by atoms with Gasteiger partial charge < -0.3 is 10.2 Å². The van der Waals surface area contributed by atoms with E-state index in [1.165, 1.54) is 4.90 Å². The first-order chi connectivity index (χ1) is 7.15. The summed E-state index contributed by atoms with van der Waals surface area (Å²) in [4.78, 5) is 24.2. The van der Waals surface area contributed by atoms with Gasteiger partial charge in [-0.15, -0.1) is 0 Å². The third-order valence-electron chi connectivity index (χ3n) is 2.14. The zero-order chi connectivity index (χ0) is 11.3. The van der Waals surface area contributed by atoms with Crippen LogP contribution < -0.4 is 5.32 Å². The van der Waals surface area contributed by atoms with Gasteiger partial charge in [0.05, 0.1) is 6.07 Å². The molecule has 0 spiro atoms. The molecule has 0 fully saturated rings. The Hall–Kier alpha value is -1.83. The molecule has 5 nitrogen and oxygen atoms in total. The average molecular weight is 207 g/mol. The molecule has 0 aromatic rings. The second kappa shape index (κ2) is 5.15. The minimum Gasteiger partial charge on any atom is -0.335 e. The van der Waals surface area contributed by atoms with Crippen LogP contribution in [0.15, 0.2) is 11.6 Å². The summed E-state index contributed by atoms with van der Waals surface area (Å²) in [5.74, 6) is -1.26. The lowest BCUT2D eigenvalue weighted by molar-refractivity contribution is -0.145. The van der Waals surface area contributed by atoms with Crippen LogP contribution in [0.25, 0.3) is 0 Å². The number of carbonyl (C=O) groups excluding carboxylic acids is 2. The van der Waals surface area contributed by atoms with E-state index < -0.39 is 11.8 Å². The van der Waals surface area contributed by atoms with Crippen molar-refractivity contribution < 1.29 is 9.59 Å². The molecule has 1 rings (SSSR count). The van der Waals surface area contributed by atoms with Gasteiger partial charge in [0.2, 0.25) is 0 Å². The van der Waals surface area contributed by atoms with Crippen molar-refractivity contribution in [1.29, 1.82) is 5.26 Å². The predicted octanol–water partition coefficient (Wildman–Crippen LogP) is -0.195. The molecule has 0 saturated heterocycles. The highest BCUT2D eigenvalue weighted by Crippen LogP contribution is 2.08. The molecule has 0 aliphatic carbocycles. The lowest BCUT2D eigenvalue weighted by Gasteiger charge is -2.25. The van der Waals surface area contributed by atoms with E-state index in [0.717, 1.165) is 12.0 Å². The molecule has 0 radical (unpaired) electrons. The second-order valence-corrected chi connectivity index (χ2v) is 3.41.